The topological polar surface area (TPSA) is 71.5 Å². The molecule has 0 aromatic rings. The Morgan fingerprint density at radius 2 is 1.67 bits per heavy atom. The average molecular weight is 237 g/mol. The number of halogens is 1. The zero-order valence-electron chi connectivity index (χ0n) is 8.38. The monoisotopic (exact) mass is 236 g/mol. The maximum atomic E-state index is 9.80. The number of hydrogen-bond donors (Lipinski definition) is 2. The van der Waals surface area contributed by atoms with Crippen LogP contribution in [0, 0.1) is 0 Å². The molecule has 0 radical (unpaired) electrons. The normalized spacial score (nSPS) is 61.0. The van der Waals surface area contributed by atoms with Crippen LogP contribution in [0.2, 0.25) is 0 Å². The minimum atomic E-state index is -1.03. The number of alkyl halides is 1. The second-order valence-corrected chi connectivity index (χ2v) is 5.33. The van der Waals surface area contributed by atoms with Gasteiger partial charge in [-0.3, -0.25) is 0 Å². The molecule has 1 aliphatic carbocycles. The smallest absolute Gasteiger partial charge is 0.199 e. The molecule has 2 N–H and O–H groups in total. The molecular weight excluding hydrogens is 224 g/mol. The van der Waals surface area contributed by atoms with Crippen molar-refractivity contribution in [3.05, 3.63) is 0 Å². The molecule has 0 spiro atoms. The van der Waals surface area contributed by atoms with E-state index >= 15 is 0 Å². The van der Waals surface area contributed by atoms with E-state index in [1.165, 1.54) is 0 Å². The van der Waals surface area contributed by atoms with Crippen molar-refractivity contribution >= 4 is 11.6 Å². The van der Waals surface area contributed by atoms with Crippen molar-refractivity contribution in [1.82, 2.24) is 0 Å². The number of aliphatic hydroxyl groups excluding tert-OH is 2. The summed E-state index contributed by atoms with van der Waals surface area (Å²) in [4.78, 5) is 0. The van der Waals surface area contributed by atoms with Crippen molar-refractivity contribution < 1.29 is 24.4 Å². The number of aliphatic hydroxyl groups is 2. The third-order valence-corrected chi connectivity index (χ3v) is 3.67. The summed E-state index contributed by atoms with van der Waals surface area (Å²) in [6.07, 6.45) is -3.76. The summed E-state index contributed by atoms with van der Waals surface area (Å²) >= 11 is 6.14. The summed E-state index contributed by atoms with van der Waals surface area (Å²) in [5.74, 6) is -0.807. The van der Waals surface area contributed by atoms with Crippen LogP contribution in [0.25, 0.3) is 0 Å². The van der Waals surface area contributed by atoms with Crippen LogP contribution in [0.4, 0.5) is 0 Å². The quantitative estimate of drug-likeness (QED) is 0.441. The first-order chi connectivity index (χ1) is 6.85. The highest BCUT2D eigenvalue weighted by Gasteiger charge is 2.75. The van der Waals surface area contributed by atoms with Gasteiger partial charge in [-0.05, 0) is 13.8 Å². The van der Waals surface area contributed by atoms with Gasteiger partial charge in [-0.15, -0.1) is 0 Å². The van der Waals surface area contributed by atoms with E-state index in [-0.39, 0.29) is 0 Å². The Bertz CT molecular complexity index is 309. The zero-order valence-corrected chi connectivity index (χ0v) is 9.14. The van der Waals surface area contributed by atoms with Gasteiger partial charge in [-0.25, -0.2) is 0 Å². The summed E-state index contributed by atoms with van der Waals surface area (Å²) in [7, 11) is 0. The fraction of sp³-hybridized carbons (Fsp3) is 1.00. The van der Waals surface area contributed by atoms with Crippen LogP contribution in [-0.4, -0.2) is 51.6 Å². The highest BCUT2D eigenvalue weighted by molar-refractivity contribution is 6.25. The van der Waals surface area contributed by atoms with Gasteiger partial charge in [0.05, 0.1) is 0 Å². The van der Waals surface area contributed by atoms with E-state index in [9.17, 15) is 10.2 Å². The zero-order chi connectivity index (χ0) is 11.0. The van der Waals surface area contributed by atoms with Crippen molar-refractivity contribution in [2.45, 2.75) is 55.2 Å². The van der Waals surface area contributed by atoms with Crippen LogP contribution in [0.3, 0.4) is 0 Å². The largest absolute Gasteiger partial charge is 0.387 e. The van der Waals surface area contributed by atoms with E-state index in [0.717, 1.165) is 0 Å². The second kappa shape index (κ2) is 2.67. The lowest BCUT2D eigenvalue weighted by Crippen LogP contribution is -2.55. The highest BCUT2D eigenvalue weighted by Crippen LogP contribution is 2.56. The molecule has 2 heterocycles. The molecule has 3 rings (SSSR count). The number of rotatable bonds is 0. The Kier molecular flexibility index (Phi) is 1.82. The summed E-state index contributed by atoms with van der Waals surface area (Å²) < 4.78 is 16.3. The van der Waals surface area contributed by atoms with Gasteiger partial charge in [0.2, 0.25) is 0 Å². The molecule has 0 aromatic heterocycles. The summed E-state index contributed by atoms with van der Waals surface area (Å²) in [5, 5.41) is 18.4. The van der Waals surface area contributed by atoms with E-state index in [1.807, 2.05) is 0 Å². The van der Waals surface area contributed by atoms with Crippen molar-refractivity contribution in [2.24, 2.45) is 0 Å². The lowest BCUT2D eigenvalue weighted by atomic mass is 9.89. The van der Waals surface area contributed by atoms with Gasteiger partial charge in [0.25, 0.3) is 0 Å². The van der Waals surface area contributed by atoms with Gasteiger partial charge >= 0.3 is 0 Å². The fourth-order valence-electron chi connectivity index (χ4n) is 2.41. The molecule has 0 aromatic carbocycles. The predicted octanol–water partition coefficient (Wildman–Crippen LogP) is -0.424. The maximum absolute atomic E-state index is 9.80. The van der Waals surface area contributed by atoms with E-state index in [4.69, 9.17) is 25.8 Å². The van der Waals surface area contributed by atoms with E-state index < -0.39 is 41.4 Å². The Morgan fingerprint density at radius 3 is 2.33 bits per heavy atom. The molecular formula is C9H13ClO5. The van der Waals surface area contributed by atoms with Gasteiger partial charge in [-0.2, -0.15) is 0 Å². The standard InChI is InChI=1S/C9H13ClO5/c1-8(2)13-5-3(11)4(12)6-9(10,15-6)7(5)14-8/h3-7,11-12H,1-2H3/t3-,4-,5+,6+,7+,9+/m1/s1. The van der Waals surface area contributed by atoms with Crippen LogP contribution in [-0.2, 0) is 14.2 Å². The van der Waals surface area contributed by atoms with Crippen LogP contribution in [0.1, 0.15) is 13.8 Å². The minimum Gasteiger partial charge on any atom is -0.387 e. The molecule has 15 heavy (non-hydrogen) atoms. The van der Waals surface area contributed by atoms with Gasteiger partial charge < -0.3 is 24.4 Å². The van der Waals surface area contributed by atoms with Gasteiger partial charge in [0.1, 0.15) is 30.5 Å². The predicted molar refractivity (Wildman–Crippen MR) is 49.3 cm³/mol. The molecule has 0 bridgehead atoms. The molecule has 0 amide bonds. The third-order valence-electron chi connectivity index (χ3n) is 3.15. The number of epoxide rings is 1. The SMILES string of the molecule is CC1(C)O[C@H]2[C@H](O)[C@@H](O)[C@@H]3O[C@]3(Cl)[C@H]2O1. The van der Waals surface area contributed by atoms with Gasteiger partial charge in [0.15, 0.2) is 10.8 Å². The van der Waals surface area contributed by atoms with Crippen molar-refractivity contribution in [1.29, 1.82) is 0 Å². The Balaban J connectivity index is 1.93. The Labute approximate surface area is 91.9 Å². The molecule has 6 atom stereocenters. The molecule has 5 nitrogen and oxygen atoms in total. The number of hydrogen-bond acceptors (Lipinski definition) is 5. The molecule has 2 aliphatic heterocycles. The molecule has 3 fully saturated rings. The third kappa shape index (κ3) is 1.22. The maximum Gasteiger partial charge on any atom is 0.199 e. The molecule has 1 saturated carbocycles. The van der Waals surface area contributed by atoms with Gasteiger partial charge in [-0.1, -0.05) is 11.6 Å². The lowest BCUT2D eigenvalue weighted by Gasteiger charge is -2.31. The second-order valence-electron chi connectivity index (χ2n) is 4.74. The molecule has 3 aliphatic rings. The van der Waals surface area contributed by atoms with E-state index in [1.54, 1.807) is 13.8 Å². The van der Waals surface area contributed by atoms with Crippen LogP contribution < -0.4 is 0 Å². The van der Waals surface area contributed by atoms with Crippen molar-refractivity contribution in [3.63, 3.8) is 0 Å². The average Bonchev–Trinajstić information content (AvgIpc) is 2.71. The molecule has 2 saturated heterocycles. The van der Waals surface area contributed by atoms with Crippen molar-refractivity contribution in [2.75, 3.05) is 0 Å². The summed E-state index contributed by atoms with van der Waals surface area (Å²) in [6, 6.07) is 0. The fourth-order valence-corrected chi connectivity index (χ4v) is 2.80. The minimum absolute atomic E-state index is 0.530. The number of fused-ring (bicyclic) bond motifs is 3. The van der Waals surface area contributed by atoms with Gasteiger partial charge in [0, 0.05) is 0 Å². The summed E-state index contributed by atoms with van der Waals surface area (Å²) in [6.45, 7) is 3.48. The lowest BCUT2D eigenvalue weighted by molar-refractivity contribution is -0.163. The Hall–Kier alpha value is 0.0900. The molecule has 0 unspecified atom stereocenters. The van der Waals surface area contributed by atoms with Crippen LogP contribution in [0.15, 0.2) is 0 Å². The highest BCUT2D eigenvalue weighted by atomic mass is 35.5. The first-order valence-electron chi connectivity index (χ1n) is 4.94. The van der Waals surface area contributed by atoms with Crippen LogP contribution in [0.5, 0.6) is 0 Å². The molecule has 6 heteroatoms. The first kappa shape index (κ1) is 10.3. The van der Waals surface area contributed by atoms with Crippen LogP contribution >= 0.6 is 11.6 Å². The van der Waals surface area contributed by atoms with E-state index in [2.05, 4.69) is 0 Å². The summed E-state index contributed by atoms with van der Waals surface area (Å²) in [5.41, 5.74) is 0. The number of ether oxygens (including phenoxy) is 3. The molecule has 86 valence electrons. The Morgan fingerprint density at radius 1 is 1.00 bits per heavy atom. The van der Waals surface area contributed by atoms with Crippen molar-refractivity contribution in [3.8, 4) is 0 Å². The van der Waals surface area contributed by atoms with E-state index in [0.29, 0.717) is 0 Å². The first-order valence-corrected chi connectivity index (χ1v) is 5.31.